The van der Waals surface area contributed by atoms with Gasteiger partial charge in [0.05, 0.1) is 38.0 Å². The van der Waals surface area contributed by atoms with Gasteiger partial charge in [0.25, 0.3) is 0 Å². The van der Waals surface area contributed by atoms with E-state index in [1.165, 1.54) is 0 Å². The normalized spacial score (nSPS) is 16.5. The van der Waals surface area contributed by atoms with Crippen molar-refractivity contribution >= 4 is 22.7 Å². The van der Waals surface area contributed by atoms with E-state index in [0.29, 0.717) is 61.5 Å². The third-order valence-corrected chi connectivity index (χ3v) is 7.33. The standard InChI is InChI=1S/C31H45N5O4.CH4/c1-7-38-26-18-27(39-8-2)29(37-6)28(40-9-3)24(26)20-32-22-16-14-21(15-17-22)19-33-31-34-25-13-11-10-12-23(25)30(35-31)36(4)5;/h10-13,18,21-22,32H,7-9,14-17,19-20H2,1-6H3,(H,33,34,35);1H4. The molecule has 0 bridgehead atoms. The number of hydrogen-bond acceptors (Lipinski definition) is 9. The summed E-state index contributed by atoms with van der Waals surface area (Å²) >= 11 is 0. The highest BCUT2D eigenvalue weighted by Crippen LogP contribution is 2.45. The highest BCUT2D eigenvalue weighted by atomic mass is 16.5. The minimum atomic E-state index is 0. The van der Waals surface area contributed by atoms with E-state index < -0.39 is 0 Å². The van der Waals surface area contributed by atoms with Crippen LogP contribution in [0, 0.1) is 5.92 Å². The summed E-state index contributed by atoms with van der Waals surface area (Å²) in [5.74, 6) is 4.93. The summed E-state index contributed by atoms with van der Waals surface area (Å²) in [7, 11) is 5.69. The first kappa shape index (κ1) is 32.1. The Labute approximate surface area is 245 Å². The lowest BCUT2D eigenvalue weighted by Gasteiger charge is -2.30. The molecule has 1 aliphatic carbocycles. The summed E-state index contributed by atoms with van der Waals surface area (Å²) in [5.41, 5.74) is 1.93. The van der Waals surface area contributed by atoms with E-state index in [2.05, 4.69) is 16.7 Å². The van der Waals surface area contributed by atoms with Crippen molar-refractivity contribution in [1.82, 2.24) is 15.3 Å². The number of para-hydroxylation sites is 1. The average molecular weight is 568 g/mol. The van der Waals surface area contributed by atoms with Gasteiger partial charge in [-0.3, -0.25) is 0 Å². The van der Waals surface area contributed by atoms with E-state index in [-0.39, 0.29) is 7.43 Å². The molecule has 1 saturated carbocycles. The monoisotopic (exact) mass is 567 g/mol. The molecule has 0 unspecified atom stereocenters. The summed E-state index contributed by atoms with van der Waals surface area (Å²) in [5, 5.41) is 8.35. The Bertz CT molecular complexity index is 1240. The molecule has 1 aromatic heterocycles. The lowest BCUT2D eigenvalue weighted by atomic mass is 9.86. The summed E-state index contributed by atoms with van der Waals surface area (Å²) in [4.78, 5) is 11.6. The number of ether oxygens (including phenoxy) is 4. The highest BCUT2D eigenvalue weighted by molar-refractivity contribution is 5.90. The zero-order chi connectivity index (χ0) is 28.5. The zero-order valence-corrected chi connectivity index (χ0v) is 24.9. The molecule has 0 aliphatic heterocycles. The molecule has 0 atom stereocenters. The number of hydrogen-bond donors (Lipinski definition) is 2. The van der Waals surface area contributed by atoms with Crippen molar-refractivity contribution < 1.29 is 18.9 Å². The SMILES string of the molecule is C.CCOc1cc(OCC)c(OC)c(OCC)c1CNC1CCC(CNc2nc(N(C)C)c3ccccc3n2)CC1. The molecule has 9 heteroatoms. The molecule has 1 fully saturated rings. The first-order chi connectivity index (χ1) is 19.5. The van der Waals surface area contributed by atoms with E-state index in [9.17, 15) is 0 Å². The molecule has 4 rings (SSSR count). The van der Waals surface area contributed by atoms with Gasteiger partial charge in [-0.2, -0.15) is 4.98 Å². The first-order valence-electron chi connectivity index (χ1n) is 14.5. The van der Waals surface area contributed by atoms with Gasteiger partial charge in [-0.15, -0.1) is 0 Å². The molecule has 0 amide bonds. The Morgan fingerprint density at radius 1 is 0.878 bits per heavy atom. The fourth-order valence-electron chi connectivity index (χ4n) is 5.37. The Morgan fingerprint density at radius 3 is 2.22 bits per heavy atom. The highest BCUT2D eigenvalue weighted by Gasteiger charge is 2.25. The van der Waals surface area contributed by atoms with Gasteiger partial charge in [-0.05, 0) is 64.5 Å². The maximum atomic E-state index is 6.07. The number of methoxy groups -OCH3 is 1. The molecule has 3 aromatic rings. The average Bonchev–Trinajstić information content (AvgIpc) is 2.96. The topological polar surface area (TPSA) is 90.0 Å². The van der Waals surface area contributed by atoms with Gasteiger partial charge in [-0.1, -0.05) is 19.6 Å². The molecule has 1 aliphatic rings. The van der Waals surface area contributed by atoms with Crippen LogP contribution < -0.4 is 34.5 Å². The van der Waals surface area contributed by atoms with Gasteiger partial charge >= 0.3 is 0 Å². The molecule has 0 saturated heterocycles. The predicted octanol–water partition coefficient (Wildman–Crippen LogP) is 6.30. The van der Waals surface area contributed by atoms with Crippen molar-refractivity contribution in [2.24, 2.45) is 5.92 Å². The lowest BCUT2D eigenvalue weighted by molar-refractivity contribution is 0.266. The Kier molecular flexibility index (Phi) is 12.1. The van der Waals surface area contributed by atoms with Gasteiger partial charge in [0.2, 0.25) is 11.7 Å². The number of rotatable bonds is 14. The molecule has 0 spiro atoms. The van der Waals surface area contributed by atoms with Gasteiger partial charge < -0.3 is 34.5 Å². The third-order valence-electron chi connectivity index (χ3n) is 7.33. The zero-order valence-electron chi connectivity index (χ0n) is 24.9. The molecule has 2 aromatic carbocycles. The molecular weight excluding hydrogens is 518 g/mol. The molecule has 9 nitrogen and oxygen atoms in total. The maximum absolute atomic E-state index is 6.07. The van der Waals surface area contributed by atoms with Crippen molar-refractivity contribution in [2.45, 2.75) is 66.5 Å². The molecule has 226 valence electrons. The fourth-order valence-corrected chi connectivity index (χ4v) is 5.37. The Balaban J connectivity index is 0.00000462. The minimum Gasteiger partial charge on any atom is -0.493 e. The van der Waals surface area contributed by atoms with Crippen LogP contribution in [-0.2, 0) is 6.54 Å². The summed E-state index contributed by atoms with van der Waals surface area (Å²) in [6.07, 6.45) is 4.50. The van der Waals surface area contributed by atoms with Crippen molar-refractivity contribution in [3.05, 3.63) is 35.9 Å². The maximum Gasteiger partial charge on any atom is 0.225 e. The van der Waals surface area contributed by atoms with Crippen LogP contribution in [0.4, 0.5) is 11.8 Å². The number of benzene rings is 2. The van der Waals surface area contributed by atoms with Gasteiger partial charge in [-0.25, -0.2) is 4.98 Å². The van der Waals surface area contributed by atoms with Crippen molar-refractivity contribution in [3.8, 4) is 23.0 Å². The third kappa shape index (κ3) is 7.85. The van der Waals surface area contributed by atoms with Crippen LogP contribution in [0.3, 0.4) is 0 Å². The van der Waals surface area contributed by atoms with Gasteiger partial charge in [0.15, 0.2) is 11.5 Å². The number of aromatic nitrogens is 2. The van der Waals surface area contributed by atoms with Crippen LogP contribution in [0.15, 0.2) is 30.3 Å². The van der Waals surface area contributed by atoms with Gasteiger partial charge in [0.1, 0.15) is 11.6 Å². The number of nitrogens with one attached hydrogen (secondary N) is 2. The van der Waals surface area contributed by atoms with Gasteiger partial charge in [0, 0.05) is 44.7 Å². The van der Waals surface area contributed by atoms with Crippen LogP contribution in [0.5, 0.6) is 23.0 Å². The number of fused-ring (bicyclic) bond motifs is 1. The van der Waals surface area contributed by atoms with E-state index in [1.54, 1.807) is 7.11 Å². The van der Waals surface area contributed by atoms with Crippen molar-refractivity contribution in [3.63, 3.8) is 0 Å². The van der Waals surface area contributed by atoms with Crippen molar-refractivity contribution in [2.75, 3.05) is 57.8 Å². The second-order valence-corrected chi connectivity index (χ2v) is 10.3. The van der Waals surface area contributed by atoms with E-state index in [1.807, 2.05) is 64.0 Å². The molecule has 0 radical (unpaired) electrons. The summed E-state index contributed by atoms with van der Waals surface area (Å²) < 4.78 is 23.6. The molecule has 41 heavy (non-hydrogen) atoms. The Morgan fingerprint density at radius 2 is 1.56 bits per heavy atom. The van der Waals surface area contributed by atoms with Crippen LogP contribution in [0.2, 0.25) is 0 Å². The lowest BCUT2D eigenvalue weighted by Crippen LogP contribution is -2.34. The largest absolute Gasteiger partial charge is 0.493 e. The molecular formula is C32H49N5O4. The fraction of sp³-hybridized carbons (Fsp3) is 0.562. The quantitative estimate of drug-likeness (QED) is 0.233. The smallest absolute Gasteiger partial charge is 0.225 e. The first-order valence-corrected chi connectivity index (χ1v) is 14.5. The molecule has 2 N–H and O–H groups in total. The van der Waals surface area contributed by atoms with Crippen LogP contribution in [0.1, 0.15) is 59.4 Å². The van der Waals surface area contributed by atoms with Crippen molar-refractivity contribution in [1.29, 1.82) is 0 Å². The van der Waals surface area contributed by atoms with E-state index in [0.717, 1.165) is 60.3 Å². The van der Waals surface area contributed by atoms with E-state index >= 15 is 0 Å². The minimum absolute atomic E-state index is 0. The number of nitrogens with zero attached hydrogens (tertiary/aromatic N) is 3. The van der Waals surface area contributed by atoms with Crippen LogP contribution in [0.25, 0.3) is 10.9 Å². The second kappa shape index (κ2) is 15.5. The Hall–Kier alpha value is -3.46. The van der Waals surface area contributed by atoms with E-state index in [4.69, 9.17) is 28.9 Å². The number of anilines is 2. The second-order valence-electron chi connectivity index (χ2n) is 10.3. The summed E-state index contributed by atoms with van der Waals surface area (Å²) in [6.45, 7) is 9.05. The van der Waals surface area contributed by atoms with Crippen LogP contribution >= 0.6 is 0 Å². The summed E-state index contributed by atoms with van der Waals surface area (Å²) in [6, 6.07) is 10.5. The van der Waals surface area contributed by atoms with Crippen LogP contribution in [-0.4, -0.2) is 63.6 Å². The predicted molar refractivity (Wildman–Crippen MR) is 168 cm³/mol. The molecule has 1 heterocycles.